The van der Waals surface area contributed by atoms with Gasteiger partial charge >= 0.3 is 12.3 Å². The molecule has 0 atom stereocenters. The molecule has 5 nitrogen and oxygen atoms in total. The Balaban J connectivity index is 3.14. The molecule has 18 heavy (non-hydrogen) atoms. The molecular formula is C10H10F3NO4. The van der Waals surface area contributed by atoms with Gasteiger partial charge in [-0.05, 0) is 18.6 Å². The van der Waals surface area contributed by atoms with Gasteiger partial charge in [-0.3, -0.25) is 4.79 Å². The number of carbonyl (C=O) groups is 1. The summed E-state index contributed by atoms with van der Waals surface area (Å²) >= 11 is 0. The van der Waals surface area contributed by atoms with Gasteiger partial charge in [0.2, 0.25) is 0 Å². The second-order valence-corrected chi connectivity index (χ2v) is 3.36. The molecule has 1 aromatic heterocycles. The highest BCUT2D eigenvalue weighted by molar-refractivity contribution is 5.70. The molecule has 100 valence electrons. The molecule has 1 N–H and O–H groups in total. The average molecular weight is 265 g/mol. The highest BCUT2D eigenvalue weighted by atomic mass is 19.4. The number of hydrogen-bond acceptors (Lipinski definition) is 4. The zero-order chi connectivity index (χ0) is 13.9. The van der Waals surface area contributed by atoms with Crippen LogP contribution < -0.4 is 9.47 Å². The number of alkyl halides is 3. The fourth-order valence-corrected chi connectivity index (χ4v) is 1.27. The molecule has 0 saturated heterocycles. The van der Waals surface area contributed by atoms with Gasteiger partial charge in [0.15, 0.2) is 5.75 Å². The summed E-state index contributed by atoms with van der Waals surface area (Å²) in [6, 6.07) is 1.16. The van der Waals surface area contributed by atoms with Crippen molar-refractivity contribution in [2.45, 2.75) is 19.7 Å². The van der Waals surface area contributed by atoms with Crippen LogP contribution in [0.15, 0.2) is 6.07 Å². The van der Waals surface area contributed by atoms with Crippen molar-refractivity contribution in [1.29, 1.82) is 0 Å². The van der Waals surface area contributed by atoms with E-state index in [0.717, 1.165) is 13.2 Å². The van der Waals surface area contributed by atoms with Gasteiger partial charge in [-0.15, -0.1) is 13.2 Å². The summed E-state index contributed by atoms with van der Waals surface area (Å²) in [5.41, 5.74) is 0.395. The van der Waals surface area contributed by atoms with Gasteiger partial charge in [0.05, 0.1) is 13.5 Å². The number of nitrogens with zero attached hydrogens (tertiary/aromatic N) is 1. The maximum absolute atomic E-state index is 12.1. The number of aryl methyl sites for hydroxylation is 1. The topological polar surface area (TPSA) is 68.7 Å². The summed E-state index contributed by atoms with van der Waals surface area (Å²) in [5.74, 6) is -2.13. The fraction of sp³-hybridized carbons (Fsp3) is 0.400. The van der Waals surface area contributed by atoms with Crippen molar-refractivity contribution in [2.24, 2.45) is 0 Å². The Morgan fingerprint density at radius 3 is 2.56 bits per heavy atom. The highest BCUT2D eigenvalue weighted by Crippen LogP contribution is 2.31. The van der Waals surface area contributed by atoms with Gasteiger partial charge in [-0.25, -0.2) is 4.98 Å². The van der Waals surface area contributed by atoms with Crippen molar-refractivity contribution >= 4 is 5.97 Å². The Labute approximate surface area is 100 Å². The van der Waals surface area contributed by atoms with E-state index in [2.05, 4.69) is 14.5 Å². The first-order valence-corrected chi connectivity index (χ1v) is 4.75. The van der Waals surface area contributed by atoms with Gasteiger partial charge in [0.25, 0.3) is 5.88 Å². The predicted molar refractivity (Wildman–Crippen MR) is 53.5 cm³/mol. The Bertz CT molecular complexity index is 459. The lowest BCUT2D eigenvalue weighted by molar-refractivity contribution is -0.276. The van der Waals surface area contributed by atoms with E-state index in [4.69, 9.17) is 5.11 Å². The molecule has 1 aromatic rings. The van der Waals surface area contributed by atoms with Gasteiger partial charge in [0.1, 0.15) is 0 Å². The quantitative estimate of drug-likeness (QED) is 0.900. The molecule has 0 amide bonds. The smallest absolute Gasteiger partial charge is 0.491 e. The number of pyridine rings is 1. The number of rotatable bonds is 4. The van der Waals surface area contributed by atoms with E-state index < -0.39 is 18.2 Å². The van der Waals surface area contributed by atoms with Crippen LogP contribution >= 0.6 is 0 Å². The molecule has 1 heterocycles. The van der Waals surface area contributed by atoms with Gasteiger partial charge in [-0.1, -0.05) is 0 Å². The average Bonchev–Trinajstić information content (AvgIpc) is 2.19. The van der Waals surface area contributed by atoms with E-state index in [1.165, 1.54) is 6.92 Å². The number of methoxy groups -OCH3 is 1. The number of aromatic nitrogens is 1. The normalized spacial score (nSPS) is 11.2. The van der Waals surface area contributed by atoms with Crippen LogP contribution in [0, 0.1) is 6.92 Å². The highest BCUT2D eigenvalue weighted by Gasteiger charge is 2.33. The fourth-order valence-electron chi connectivity index (χ4n) is 1.27. The van der Waals surface area contributed by atoms with Gasteiger partial charge in [-0.2, -0.15) is 0 Å². The molecule has 0 radical (unpaired) electrons. The van der Waals surface area contributed by atoms with Crippen molar-refractivity contribution < 1.29 is 32.5 Å². The van der Waals surface area contributed by atoms with Crippen LogP contribution in [-0.4, -0.2) is 29.5 Å². The van der Waals surface area contributed by atoms with Crippen LogP contribution in [0.1, 0.15) is 11.3 Å². The maximum atomic E-state index is 12.1. The lowest BCUT2D eigenvalue weighted by Crippen LogP contribution is -2.19. The van der Waals surface area contributed by atoms with Crippen LogP contribution in [-0.2, 0) is 11.2 Å². The summed E-state index contributed by atoms with van der Waals surface area (Å²) in [6.45, 7) is 1.39. The summed E-state index contributed by atoms with van der Waals surface area (Å²) in [7, 11) is 1.14. The van der Waals surface area contributed by atoms with E-state index >= 15 is 0 Å². The molecule has 0 spiro atoms. The number of halogens is 3. The molecule has 0 aromatic carbocycles. The lowest BCUT2D eigenvalue weighted by Gasteiger charge is -2.13. The molecule has 8 heteroatoms. The number of ether oxygens (including phenoxy) is 2. The Hall–Kier alpha value is -1.99. The number of hydrogen-bond donors (Lipinski definition) is 1. The van der Waals surface area contributed by atoms with Crippen molar-refractivity contribution in [1.82, 2.24) is 4.98 Å². The third-order valence-electron chi connectivity index (χ3n) is 2.02. The van der Waals surface area contributed by atoms with Crippen LogP contribution in [0.25, 0.3) is 0 Å². The number of carboxylic acid groups (broad SMARTS) is 1. The first kappa shape index (κ1) is 14.1. The van der Waals surface area contributed by atoms with Gasteiger partial charge in [0, 0.05) is 5.69 Å². The Kier molecular flexibility index (Phi) is 4.00. The predicted octanol–water partition coefficient (Wildman–Crippen LogP) is 1.92. The standard InChI is InChI=1S/C10H10F3NO4/c1-5-6(4-8(15)16)3-7(17-2)9(14-5)18-10(11,12)13/h3H,4H2,1-2H3,(H,15,16). The summed E-state index contributed by atoms with van der Waals surface area (Å²) < 4.78 is 44.6. The molecule has 0 aliphatic heterocycles. The Morgan fingerprint density at radius 2 is 2.11 bits per heavy atom. The monoisotopic (exact) mass is 265 g/mol. The van der Waals surface area contributed by atoms with Crippen molar-refractivity contribution in [3.63, 3.8) is 0 Å². The first-order chi connectivity index (χ1) is 8.23. The van der Waals surface area contributed by atoms with Crippen LogP contribution in [0.3, 0.4) is 0 Å². The van der Waals surface area contributed by atoms with Crippen molar-refractivity contribution in [3.05, 3.63) is 17.3 Å². The van der Waals surface area contributed by atoms with Crippen molar-refractivity contribution in [2.75, 3.05) is 7.11 Å². The summed E-state index contributed by atoms with van der Waals surface area (Å²) in [6.07, 6.45) is -5.25. The minimum Gasteiger partial charge on any atom is -0.491 e. The van der Waals surface area contributed by atoms with Gasteiger partial charge < -0.3 is 14.6 Å². The third-order valence-corrected chi connectivity index (χ3v) is 2.02. The SMILES string of the molecule is COc1cc(CC(=O)O)c(C)nc1OC(F)(F)F. The van der Waals surface area contributed by atoms with E-state index in [1.807, 2.05) is 0 Å². The Morgan fingerprint density at radius 1 is 1.50 bits per heavy atom. The zero-order valence-corrected chi connectivity index (χ0v) is 9.54. The van der Waals surface area contributed by atoms with E-state index in [0.29, 0.717) is 0 Å². The van der Waals surface area contributed by atoms with E-state index in [-0.39, 0.29) is 23.4 Å². The summed E-state index contributed by atoms with van der Waals surface area (Å²) in [5, 5.41) is 8.63. The third kappa shape index (κ3) is 3.79. The molecule has 0 aliphatic rings. The van der Waals surface area contributed by atoms with Crippen molar-refractivity contribution in [3.8, 4) is 11.6 Å². The number of carboxylic acids is 1. The van der Waals surface area contributed by atoms with Crippen LogP contribution in [0.5, 0.6) is 11.6 Å². The van der Waals surface area contributed by atoms with Crippen LogP contribution in [0.4, 0.5) is 13.2 Å². The molecule has 1 rings (SSSR count). The van der Waals surface area contributed by atoms with E-state index in [9.17, 15) is 18.0 Å². The zero-order valence-electron chi connectivity index (χ0n) is 9.54. The molecule has 0 aliphatic carbocycles. The van der Waals surface area contributed by atoms with Crippen LogP contribution in [0.2, 0.25) is 0 Å². The largest absolute Gasteiger partial charge is 0.574 e. The minimum atomic E-state index is -4.89. The first-order valence-electron chi connectivity index (χ1n) is 4.75. The lowest BCUT2D eigenvalue weighted by atomic mass is 10.1. The molecule has 0 bridgehead atoms. The minimum absolute atomic E-state index is 0.137. The molecule has 0 unspecified atom stereocenters. The maximum Gasteiger partial charge on any atom is 0.574 e. The van der Waals surface area contributed by atoms with E-state index in [1.54, 1.807) is 0 Å². The molecular weight excluding hydrogens is 255 g/mol. The second kappa shape index (κ2) is 5.11. The summed E-state index contributed by atoms with van der Waals surface area (Å²) in [4.78, 5) is 14.1. The second-order valence-electron chi connectivity index (χ2n) is 3.36. The number of aliphatic carboxylic acids is 1. The molecule has 0 fully saturated rings. The molecule has 0 saturated carbocycles.